The van der Waals surface area contributed by atoms with Crippen molar-refractivity contribution in [1.82, 2.24) is 15.1 Å². The van der Waals surface area contributed by atoms with Crippen LogP contribution in [0.15, 0.2) is 48.5 Å². The fourth-order valence-corrected chi connectivity index (χ4v) is 4.41. The van der Waals surface area contributed by atoms with Crippen molar-refractivity contribution in [3.05, 3.63) is 54.1 Å². The molecule has 2 aromatic rings. The van der Waals surface area contributed by atoms with Crippen LogP contribution in [-0.4, -0.2) is 74.6 Å². The summed E-state index contributed by atoms with van der Waals surface area (Å²) >= 11 is 0. The van der Waals surface area contributed by atoms with Gasteiger partial charge in [-0.05, 0) is 55.3 Å². The number of urea groups is 1. The number of carbonyl (C=O) groups excluding carboxylic acids is 3. The highest BCUT2D eigenvalue weighted by Gasteiger charge is 2.49. The highest BCUT2D eigenvalue weighted by atomic mass is 16.5. The summed E-state index contributed by atoms with van der Waals surface area (Å²) in [6.45, 7) is 3.95. The summed E-state index contributed by atoms with van der Waals surface area (Å²) in [5, 5.41) is 2.75. The SMILES string of the molecule is COc1ccc(N2CCCN(C(=O)CN3C(=O)NC(C)(c4ccc(OC)cc4)C3=O)CC2)cc1. The van der Waals surface area contributed by atoms with E-state index in [-0.39, 0.29) is 12.5 Å². The number of nitrogens with zero attached hydrogens (tertiary/aromatic N) is 3. The lowest BCUT2D eigenvalue weighted by Gasteiger charge is -2.25. The first-order valence-corrected chi connectivity index (χ1v) is 11.3. The van der Waals surface area contributed by atoms with Crippen molar-refractivity contribution in [2.45, 2.75) is 18.9 Å². The molecule has 2 saturated heterocycles. The molecule has 34 heavy (non-hydrogen) atoms. The second-order valence-electron chi connectivity index (χ2n) is 8.59. The summed E-state index contributed by atoms with van der Waals surface area (Å²) in [6.07, 6.45) is 0.793. The molecule has 1 unspecified atom stereocenters. The van der Waals surface area contributed by atoms with Gasteiger partial charge in [0, 0.05) is 31.9 Å². The van der Waals surface area contributed by atoms with Gasteiger partial charge in [-0.2, -0.15) is 0 Å². The molecule has 2 aliphatic rings. The average molecular weight is 467 g/mol. The number of benzene rings is 2. The number of hydrogen-bond acceptors (Lipinski definition) is 6. The summed E-state index contributed by atoms with van der Waals surface area (Å²) in [4.78, 5) is 43.9. The molecular weight excluding hydrogens is 436 g/mol. The lowest BCUT2D eigenvalue weighted by Crippen LogP contribution is -2.45. The maximum atomic E-state index is 13.2. The Bertz CT molecular complexity index is 1060. The van der Waals surface area contributed by atoms with E-state index in [4.69, 9.17) is 9.47 Å². The van der Waals surface area contributed by atoms with Crippen molar-refractivity contribution in [3.63, 3.8) is 0 Å². The molecule has 0 radical (unpaired) electrons. The molecule has 2 aromatic carbocycles. The molecule has 0 spiro atoms. The van der Waals surface area contributed by atoms with Crippen LogP contribution in [0.3, 0.4) is 0 Å². The van der Waals surface area contributed by atoms with Crippen molar-refractivity contribution in [1.29, 1.82) is 0 Å². The number of methoxy groups -OCH3 is 2. The van der Waals surface area contributed by atoms with Gasteiger partial charge >= 0.3 is 6.03 Å². The predicted molar refractivity (Wildman–Crippen MR) is 127 cm³/mol. The second kappa shape index (κ2) is 9.62. The van der Waals surface area contributed by atoms with Gasteiger partial charge in [0.15, 0.2) is 0 Å². The Hall–Kier alpha value is -3.75. The van der Waals surface area contributed by atoms with E-state index >= 15 is 0 Å². The van der Waals surface area contributed by atoms with Gasteiger partial charge in [-0.25, -0.2) is 4.79 Å². The van der Waals surface area contributed by atoms with Gasteiger partial charge in [0.2, 0.25) is 5.91 Å². The van der Waals surface area contributed by atoms with E-state index in [0.29, 0.717) is 30.9 Å². The van der Waals surface area contributed by atoms with Gasteiger partial charge in [-0.3, -0.25) is 14.5 Å². The van der Waals surface area contributed by atoms with Gasteiger partial charge in [0.05, 0.1) is 14.2 Å². The standard InChI is InChI=1S/C25H30N4O5/c1-25(18-5-9-20(33-2)10-6-18)23(31)29(24(32)26-25)17-22(30)28-14-4-13-27(15-16-28)19-7-11-21(34-3)12-8-19/h5-12H,4,13-17H2,1-3H3,(H,26,32). The first kappa shape index (κ1) is 23.4. The Morgan fingerprint density at radius 2 is 1.53 bits per heavy atom. The van der Waals surface area contributed by atoms with Crippen molar-refractivity contribution in [2.24, 2.45) is 0 Å². The molecule has 4 rings (SSSR count). The fraction of sp³-hybridized carbons (Fsp3) is 0.400. The van der Waals surface area contributed by atoms with E-state index < -0.39 is 17.5 Å². The minimum absolute atomic E-state index is 0.237. The van der Waals surface area contributed by atoms with Gasteiger partial charge in [0.1, 0.15) is 23.6 Å². The monoisotopic (exact) mass is 466 g/mol. The highest BCUT2D eigenvalue weighted by Crippen LogP contribution is 2.30. The summed E-state index contributed by atoms with van der Waals surface area (Å²) in [7, 11) is 3.20. The molecule has 0 bridgehead atoms. The van der Waals surface area contributed by atoms with Gasteiger partial charge in [-0.15, -0.1) is 0 Å². The largest absolute Gasteiger partial charge is 0.497 e. The van der Waals surface area contributed by atoms with Gasteiger partial charge < -0.3 is 24.6 Å². The Balaban J connectivity index is 1.39. The van der Waals surface area contributed by atoms with Crippen molar-refractivity contribution in [2.75, 3.05) is 51.8 Å². The molecule has 4 amide bonds. The minimum Gasteiger partial charge on any atom is -0.497 e. The van der Waals surface area contributed by atoms with Crippen LogP contribution in [0.2, 0.25) is 0 Å². The number of hydrogen-bond donors (Lipinski definition) is 1. The number of nitrogens with one attached hydrogen (secondary N) is 1. The van der Waals surface area contributed by atoms with Gasteiger partial charge in [0.25, 0.3) is 5.91 Å². The van der Waals surface area contributed by atoms with E-state index in [1.165, 1.54) is 0 Å². The third-order valence-corrected chi connectivity index (χ3v) is 6.52. The minimum atomic E-state index is -1.23. The molecule has 1 N–H and O–H groups in total. The van der Waals surface area contributed by atoms with E-state index in [2.05, 4.69) is 10.2 Å². The molecule has 2 heterocycles. The van der Waals surface area contributed by atoms with E-state index in [1.807, 2.05) is 24.3 Å². The van der Waals surface area contributed by atoms with Crippen LogP contribution < -0.4 is 19.7 Å². The van der Waals surface area contributed by atoms with Crippen LogP contribution in [0.25, 0.3) is 0 Å². The zero-order valence-corrected chi connectivity index (χ0v) is 19.7. The molecule has 2 aliphatic heterocycles. The first-order valence-electron chi connectivity index (χ1n) is 11.3. The number of imide groups is 1. The maximum absolute atomic E-state index is 13.2. The molecule has 0 aliphatic carbocycles. The van der Waals surface area contributed by atoms with E-state index in [9.17, 15) is 14.4 Å². The molecule has 180 valence electrons. The fourth-order valence-electron chi connectivity index (χ4n) is 4.41. The Labute approximate surface area is 199 Å². The highest BCUT2D eigenvalue weighted by molar-refractivity contribution is 6.09. The molecule has 0 saturated carbocycles. The van der Waals surface area contributed by atoms with Crippen molar-refractivity contribution >= 4 is 23.5 Å². The Morgan fingerprint density at radius 1 is 0.912 bits per heavy atom. The average Bonchev–Trinajstić information content (AvgIpc) is 3.03. The third-order valence-electron chi connectivity index (χ3n) is 6.52. The summed E-state index contributed by atoms with van der Waals surface area (Å²) in [5.74, 6) is 0.774. The maximum Gasteiger partial charge on any atom is 0.325 e. The predicted octanol–water partition coefficient (Wildman–Crippen LogP) is 2.21. The second-order valence-corrected chi connectivity index (χ2v) is 8.59. The lowest BCUT2D eigenvalue weighted by molar-refractivity contribution is -0.138. The van der Waals surface area contributed by atoms with Crippen molar-refractivity contribution in [3.8, 4) is 11.5 Å². The zero-order valence-electron chi connectivity index (χ0n) is 19.7. The van der Waals surface area contributed by atoms with Crippen LogP contribution in [0.5, 0.6) is 11.5 Å². The molecule has 9 heteroatoms. The van der Waals surface area contributed by atoms with Crippen LogP contribution in [-0.2, 0) is 15.1 Å². The molecular formula is C25H30N4O5. The zero-order chi connectivity index (χ0) is 24.3. The molecule has 9 nitrogen and oxygen atoms in total. The number of rotatable bonds is 6. The third kappa shape index (κ3) is 4.50. The lowest BCUT2D eigenvalue weighted by atomic mass is 9.92. The molecule has 2 fully saturated rings. The van der Waals surface area contributed by atoms with Crippen LogP contribution in [0.1, 0.15) is 18.9 Å². The number of ether oxygens (including phenoxy) is 2. The smallest absolute Gasteiger partial charge is 0.325 e. The topological polar surface area (TPSA) is 91.4 Å². The number of carbonyl (C=O) groups is 3. The Kier molecular flexibility index (Phi) is 6.63. The summed E-state index contributed by atoms with van der Waals surface area (Å²) in [5.41, 5.74) is 0.471. The number of amides is 4. The van der Waals surface area contributed by atoms with Crippen molar-refractivity contribution < 1.29 is 23.9 Å². The molecule has 0 aromatic heterocycles. The Morgan fingerprint density at radius 3 is 2.15 bits per heavy atom. The van der Waals surface area contributed by atoms with E-state index in [1.54, 1.807) is 50.3 Å². The van der Waals surface area contributed by atoms with Gasteiger partial charge in [-0.1, -0.05) is 12.1 Å². The van der Waals surface area contributed by atoms with Crippen LogP contribution in [0, 0.1) is 0 Å². The van der Waals surface area contributed by atoms with Crippen LogP contribution in [0.4, 0.5) is 10.5 Å². The number of anilines is 1. The quantitative estimate of drug-likeness (QED) is 0.657. The first-order chi connectivity index (χ1) is 16.4. The normalized spacial score (nSPS) is 20.7. The molecule has 1 atom stereocenters. The summed E-state index contributed by atoms with van der Waals surface area (Å²) in [6, 6.07) is 14.2. The van der Waals surface area contributed by atoms with Crippen LogP contribution >= 0.6 is 0 Å². The summed E-state index contributed by atoms with van der Waals surface area (Å²) < 4.78 is 10.4. The van der Waals surface area contributed by atoms with E-state index in [0.717, 1.165) is 29.3 Å².